The average Bonchev–Trinajstić information content (AvgIpc) is 3.27. The average molecular weight is 429 g/mol. The molecule has 8 N–H and O–H groups in total. The van der Waals surface area contributed by atoms with Crippen LogP contribution in [-0.2, 0) is 9.53 Å². The van der Waals surface area contributed by atoms with Gasteiger partial charge in [0.05, 0.1) is 25.2 Å². The fourth-order valence-corrected chi connectivity index (χ4v) is 4.28. The zero-order valence-corrected chi connectivity index (χ0v) is 16.1. The summed E-state index contributed by atoms with van der Waals surface area (Å²) in [5.74, 6) is 5.58. The summed E-state index contributed by atoms with van der Waals surface area (Å²) in [4.78, 5) is 27.2. The van der Waals surface area contributed by atoms with Crippen molar-refractivity contribution in [1.82, 2.24) is 15.5 Å². The molecule has 29 heavy (non-hydrogen) atoms. The quantitative estimate of drug-likeness (QED) is 0.0779. The highest BCUT2D eigenvalue weighted by atomic mass is 32.2. The largest absolute Gasteiger partial charge is 0.387 e. The molecule has 15 heteroatoms. The lowest BCUT2D eigenvalue weighted by atomic mass is 10.1. The highest BCUT2D eigenvalue weighted by molar-refractivity contribution is 7.99. The lowest BCUT2D eigenvalue weighted by Crippen LogP contribution is -2.43. The molecule has 6 atom stereocenters. The van der Waals surface area contributed by atoms with Gasteiger partial charge in [0.25, 0.3) is 0 Å². The monoisotopic (exact) mass is 429 g/mol. The predicted molar refractivity (Wildman–Crippen MR) is 103 cm³/mol. The Hall–Kier alpha value is -2.33. The van der Waals surface area contributed by atoms with Crippen LogP contribution in [0, 0.1) is 4.91 Å². The van der Waals surface area contributed by atoms with Crippen LogP contribution < -0.4 is 22.2 Å². The third-order valence-electron chi connectivity index (χ3n) is 4.73. The Labute approximate surface area is 169 Å². The number of aliphatic imine (C=N–C) groups is 1. The number of carbonyl (C=O) groups is 1. The van der Waals surface area contributed by atoms with Crippen LogP contribution in [0.5, 0.6) is 0 Å². The molecular weight excluding hydrogens is 406 g/mol. The van der Waals surface area contributed by atoms with Gasteiger partial charge >= 0.3 is 5.91 Å². The summed E-state index contributed by atoms with van der Waals surface area (Å²) in [6, 6.07) is -0.940. The summed E-state index contributed by atoms with van der Waals surface area (Å²) in [5.41, 5.74) is 6.17. The molecule has 0 radical (unpaired) electrons. The number of thioether (sulfide) groups is 1. The van der Waals surface area contributed by atoms with E-state index < -0.39 is 42.7 Å². The summed E-state index contributed by atoms with van der Waals surface area (Å²) in [6.45, 7) is 0.296. The van der Waals surface area contributed by atoms with Gasteiger partial charge in [0.2, 0.25) is 0 Å². The van der Waals surface area contributed by atoms with E-state index in [-0.39, 0.29) is 6.42 Å². The van der Waals surface area contributed by atoms with Gasteiger partial charge in [-0.25, -0.2) is 4.99 Å². The second kappa shape index (κ2) is 9.45. The van der Waals surface area contributed by atoms with Crippen LogP contribution in [-0.4, -0.2) is 82.3 Å². The van der Waals surface area contributed by atoms with E-state index in [1.54, 1.807) is 4.90 Å². The molecule has 0 aromatic heterocycles. The molecule has 3 rings (SSSR count). The van der Waals surface area contributed by atoms with Gasteiger partial charge in [-0.15, -0.1) is 10.0 Å². The van der Waals surface area contributed by atoms with Gasteiger partial charge in [-0.05, 0) is 12.2 Å². The Balaban J connectivity index is 1.57. The van der Waals surface area contributed by atoms with E-state index in [0.29, 0.717) is 29.7 Å². The lowest BCUT2D eigenvalue weighted by molar-refractivity contribution is -0.119. The van der Waals surface area contributed by atoms with Crippen molar-refractivity contribution >= 4 is 24.0 Å². The predicted octanol–water partition coefficient (Wildman–Crippen LogP) is -2.51. The highest BCUT2D eigenvalue weighted by Gasteiger charge is 2.48. The molecule has 0 bridgehead atoms. The number of aliphatic hydroxyl groups is 2. The van der Waals surface area contributed by atoms with E-state index >= 15 is 0 Å². The minimum atomic E-state index is -1.16. The van der Waals surface area contributed by atoms with Gasteiger partial charge in [0.1, 0.15) is 17.9 Å². The first-order valence-electron chi connectivity index (χ1n) is 8.83. The maximum absolute atomic E-state index is 11.1. The van der Waals surface area contributed by atoms with E-state index in [4.69, 9.17) is 16.3 Å². The molecule has 0 aromatic rings. The standard InChI is InChI=1S/C14H23N9O5S/c15-6(13(26)21-27)1-2-29-3-7-9(24)10(25)14(28-7)23-5-19-8-11(20-22-16)17-4-18-12(8)23/h4,6-7,9-11,14,19,24-25H,1-3,5,15H2,(H2,16,20)(H,17,18)/t6-,7+,9?,10-,11?,14+/m0/s1. The van der Waals surface area contributed by atoms with E-state index in [1.165, 1.54) is 18.1 Å². The first kappa shape index (κ1) is 21.4. The number of nitrogens with one attached hydrogen (secondary N) is 2. The molecule has 14 nitrogen and oxygen atoms in total. The molecule has 1 fully saturated rings. The maximum Gasteiger partial charge on any atom is 0.302 e. The van der Waals surface area contributed by atoms with Crippen molar-refractivity contribution in [3.8, 4) is 0 Å². The van der Waals surface area contributed by atoms with Crippen LogP contribution in [0.4, 0.5) is 0 Å². The molecule has 0 aromatic carbocycles. The second-order valence-corrected chi connectivity index (χ2v) is 7.70. The SMILES string of the molecule is NN=NC1NC=NC2=C1NCN2[C@@H]1O[C@H](CSCC[C@H](N)C(=O)N=O)C(O)[C@@H]1O. The first-order valence-corrected chi connectivity index (χ1v) is 9.98. The Morgan fingerprint density at radius 1 is 1.48 bits per heavy atom. The van der Waals surface area contributed by atoms with Gasteiger partial charge < -0.3 is 42.1 Å². The van der Waals surface area contributed by atoms with Crippen molar-refractivity contribution in [2.75, 3.05) is 18.2 Å². The van der Waals surface area contributed by atoms with Crippen LogP contribution in [0.25, 0.3) is 0 Å². The van der Waals surface area contributed by atoms with Crippen LogP contribution in [0.1, 0.15) is 6.42 Å². The van der Waals surface area contributed by atoms with Crippen LogP contribution >= 0.6 is 11.8 Å². The van der Waals surface area contributed by atoms with Crippen molar-refractivity contribution < 1.29 is 19.7 Å². The molecule has 160 valence electrons. The molecule has 3 aliphatic rings. The summed E-state index contributed by atoms with van der Waals surface area (Å²) in [7, 11) is 0. The minimum Gasteiger partial charge on any atom is -0.387 e. The van der Waals surface area contributed by atoms with Crippen molar-refractivity contribution in [2.45, 2.75) is 43.2 Å². The van der Waals surface area contributed by atoms with E-state index in [9.17, 15) is 19.9 Å². The third-order valence-corrected chi connectivity index (χ3v) is 5.82. The lowest BCUT2D eigenvalue weighted by Gasteiger charge is -2.28. The van der Waals surface area contributed by atoms with Crippen molar-refractivity contribution in [1.29, 1.82) is 0 Å². The molecule has 2 unspecified atom stereocenters. The minimum absolute atomic E-state index is 0.273. The van der Waals surface area contributed by atoms with Crippen molar-refractivity contribution in [3.63, 3.8) is 0 Å². The molecule has 3 aliphatic heterocycles. The van der Waals surface area contributed by atoms with Crippen molar-refractivity contribution in [2.24, 2.45) is 32.1 Å². The number of carbonyl (C=O) groups excluding carboxylic acids is 1. The normalized spacial score (nSPS) is 32.2. The van der Waals surface area contributed by atoms with E-state index in [0.717, 1.165) is 0 Å². The second-order valence-electron chi connectivity index (χ2n) is 6.55. The summed E-state index contributed by atoms with van der Waals surface area (Å²) in [6.07, 6.45) is -2.52. The number of hydrogen-bond donors (Lipinski definition) is 6. The highest BCUT2D eigenvalue weighted by Crippen LogP contribution is 2.32. The van der Waals surface area contributed by atoms with Crippen molar-refractivity contribution in [3.05, 3.63) is 16.4 Å². The van der Waals surface area contributed by atoms with Gasteiger partial charge in [0.15, 0.2) is 18.2 Å². The van der Waals surface area contributed by atoms with Gasteiger partial charge in [-0.2, -0.15) is 11.8 Å². The summed E-state index contributed by atoms with van der Waals surface area (Å²) >= 11 is 1.39. The number of nitroso groups, excluding NO2 is 1. The number of aliphatic hydroxyl groups excluding tert-OH is 2. The fourth-order valence-electron chi connectivity index (χ4n) is 3.19. The molecule has 3 heterocycles. The molecule has 1 amide bonds. The number of ether oxygens (including phenoxy) is 1. The zero-order valence-electron chi connectivity index (χ0n) is 15.3. The summed E-state index contributed by atoms with van der Waals surface area (Å²) < 4.78 is 5.88. The van der Waals surface area contributed by atoms with Gasteiger partial charge in [0, 0.05) is 10.9 Å². The molecule has 0 spiro atoms. The molecule has 0 aliphatic carbocycles. The maximum atomic E-state index is 11.1. The molecule has 1 saturated heterocycles. The molecule has 0 saturated carbocycles. The smallest absolute Gasteiger partial charge is 0.302 e. The van der Waals surface area contributed by atoms with E-state index in [2.05, 4.69) is 31.1 Å². The number of hydrogen-bond acceptors (Lipinski definition) is 13. The van der Waals surface area contributed by atoms with E-state index in [1.807, 2.05) is 0 Å². The molecular formula is C14H23N9O5S. The zero-order chi connectivity index (χ0) is 21.0. The number of rotatable bonds is 8. The number of amides is 1. The first-order chi connectivity index (χ1) is 14.0. The van der Waals surface area contributed by atoms with Crippen LogP contribution in [0.3, 0.4) is 0 Å². The van der Waals surface area contributed by atoms with Gasteiger partial charge in [-0.1, -0.05) is 5.22 Å². The summed E-state index contributed by atoms with van der Waals surface area (Å²) in [5, 5.41) is 36.3. The number of nitrogens with two attached hydrogens (primary N) is 2. The third kappa shape index (κ3) is 4.48. The van der Waals surface area contributed by atoms with Crippen LogP contribution in [0.15, 0.2) is 32.0 Å². The fraction of sp³-hybridized carbons (Fsp3) is 0.714. The topological polar surface area (TPSA) is 213 Å². The Morgan fingerprint density at radius 2 is 2.28 bits per heavy atom. The number of nitrogens with zero attached hydrogens (tertiary/aromatic N) is 5. The Bertz CT molecular complexity index is 720. The van der Waals surface area contributed by atoms with Crippen LogP contribution in [0.2, 0.25) is 0 Å². The Kier molecular flexibility index (Phi) is 6.96. The Morgan fingerprint density at radius 3 is 3.00 bits per heavy atom. The van der Waals surface area contributed by atoms with Gasteiger partial charge in [-0.3, -0.25) is 4.79 Å².